The zero-order valence-corrected chi connectivity index (χ0v) is 28.3. The number of carbonyl (C=O) groups is 2. The van der Waals surface area contributed by atoms with Gasteiger partial charge < -0.3 is 9.64 Å². The number of Topliss-reactive ketones (excluding diaryl/α,β-unsaturated/α-hetero) is 1. The van der Waals surface area contributed by atoms with Crippen LogP contribution in [-0.2, 0) is 9.53 Å². The predicted molar refractivity (Wildman–Crippen MR) is 189 cm³/mol. The van der Waals surface area contributed by atoms with E-state index in [0.29, 0.717) is 29.4 Å². The number of nitrogens with zero attached hydrogens (tertiary/aromatic N) is 6. The number of thiazole rings is 1. The second kappa shape index (κ2) is 18.8. The summed E-state index contributed by atoms with van der Waals surface area (Å²) in [6.07, 6.45) is 10.2. The van der Waals surface area contributed by atoms with Gasteiger partial charge in [0.15, 0.2) is 5.78 Å². The fourth-order valence-corrected chi connectivity index (χ4v) is 6.72. The Bertz CT molecular complexity index is 1570. The highest BCUT2D eigenvalue weighted by molar-refractivity contribution is 7.30. The minimum Gasteiger partial charge on any atom is -0.463 e. The van der Waals surface area contributed by atoms with Gasteiger partial charge in [0, 0.05) is 36.8 Å². The second-order valence-corrected chi connectivity index (χ2v) is 12.8. The van der Waals surface area contributed by atoms with Gasteiger partial charge in [-0.2, -0.15) is 0 Å². The van der Waals surface area contributed by atoms with Gasteiger partial charge in [0.2, 0.25) is 5.13 Å². The van der Waals surface area contributed by atoms with Crippen molar-refractivity contribution in [3.05, 3.63) is 72.8 Å². The van der Waals surface area contributed by atoms with E-state index in [4.69, 9.17) is 4.74 Å². The van der Waals surface area contributed by atoms with Crippen LogP contribution in [0, 0.1) is 0 Å². The van der Waals surface area contributed by atoms with E-state index in [2.05, 4.69) is 62.9 Å². The fourth-order valence-electron chi connectivity index (χ4n) is 4.87. The number of carbonyl (C=O) groups excluding carboxylic acids is 2. The number of azo groups is 2. The third kappa shape index (κ3) is 11.1. The van der Waals surface area contributed by atoms with Crippen LogP contribution in [0.1, 0.15) is 82.0 Å². The highest BCUT2D eigenvalue weighted by Gasteiger charge is 2.09. The number of aromatic nitrogens is 1. The Morgan fingerprint density at radius 1 is 0.804 bits per heavy atom. The molecule has 2 heterocycles. The molecule has 242 valence electrons. The molecule has 11 heteroatoms. The summed E-state index contributed by atoms with van der Waals surface area (Å²) in [6.45, 7) is 10.1. The molecular formula is C35H42N6O3S2. The Hall–Kier alpha value is -4.09. The number of benzene rings is 2. The van der Waals surface area contributed by atoms with Crippen LogP contribution in [0.25, 0.3) is 9.53 Å². The summed E-state index contributed by atoms with van der Waals surface area (Å²) >= 11 is 2.93. The van der Waals surface area contributed by atoms with Crippen molar-refractivity contribution >= 4 is 71.2 Å². The molecule has 0 saturated carbocycles. The normalized spacial score (nSPS) is 11.5. The Morgan fingerprint density at radius 3 is 2.04 bits per heavy atom. The zero-order chi connectivity index (χ0) is 32.6. The molecule has 0 atom stereocenters. The van der Waals surface area contributed by atoms with Crippen molar-refractivity contribution in [2.45, 2.75) is 71.6 Å². The topological polar surface area (TPSA) is 109 Å². The van der Waals surface area contributed by atoms with Crippen molar-refractivity contribution in [1.29, 1.82) is 0 Å². The number of rotatable bonds is 20. The third-order valence-electron chi connectivity index (χ3n) is 7.46. The van der Waals surface area contributed by atoms with E-state index >= 15 is 0 Å². The van der Waals surface area contributed by atoms with Crippen LogP contribution in [0.5, 0.6) is 0 Å². The molecule has 0 radical (unpaired) electrons. The summed E-state index contributed by atoms with van der Waals surface area (Å²) in [6, 6.07) is 17.3. The van der Waals surface area contributed by atoms with Gasteiger partial charge in [0.05, 0.1) is 22.7 Å². The summed E-state index contributed by atoms with van der Waals surface area (Å²) < 4.78 is 5.97. The number of unbranched alkanes of at least 4 members (excludes halogenated alkanes) is 7. The number of ketones is 1. The lowest BCUT2D eigenvalue weighted by Crippen LogP contribution is -2.21. The SMILES string of the molecule is C=CC(=O)OCCCCCCCCCCC(=O)c1ccc(N=Nc2cc3sc(N=Nc4ccc(N(CC)CC)cc4)nc3s2)cc1. The van der Waals surface area contributed by atoms with E-state index in [1.807, 2.05) is 42.5 Å². The largest absolute Gasteiger partial charge is 0.463 e. The van der Waals surface area contributed by atoms with E-state index in [9.17, 15) is 9.59 Å². The number of esters is 1. The molecule has 4 rings (SSSR count). The lowest BCUT2D eigenvalue weighted by Gasteiger charge is -2.20. The highest BCUT2D eigenvalue weighted by Crippen LogP contribution is 2.39. The monoisotopic (exact) mass is 658 g/mol. The van der Waals surface area contributed by atoms with Crippen molar-refractivity contribution in [3.63, 3.8) is 0 Å². The first-order chi connectivity index (χ1) is 22.5. The predicted octanol–water partition coefficient (Wildman–Crippen LogP) is 11.5. The minimum absolute atomic E-state index is 0.159. The number of thiophene rings is 1. The molecule has 0 amide bonds. The fraction of sp³-hybridized carbons (Fsp3) is 0.400. The number of anilines is 1. The molecule has 0 fully saturated rings. The van der Waals surface area contributed by atoms with Gasteiger partial charge in [-0.25, -0.2) is 9.78 Å². The van der Waals surface area contributed by atoms with Crippen molar-refractivity contribution in [3.8, 4) is 0 Å². The molecule has 0 aliphatic heterocycles. The van der Waals surface area contributed by atoms with Gasteiger partial charge in [-0.05, 0) is 81.3 Å². The average molecular weight is 659 g/mol. The van der Waals surface area contributed by atoms with E-state index in [-0.39, 0.29) is 11.8 Å². The maximum Gasteiger partial charge on any atom is 0.330 e. The molecule has 9 nitrogen and oxygen atoms in total. The standard InChI is InChI=1S/C35H42N6O3S2/c1-4-33(43)44-24-14-12-10-8-7-9-11-13-15-30(42)26-16-18-27(19-17-26)37-39-32-25-31-34(46-32)36-35(45-31)40-38-28-20-22-29(23-21-28)41(5-2)6-3/h4,16-23,25H,1,5-15,24H2,2-3H3. The van der Waals surface area contributed by atoms with E-state index < -0.39 is 0 Å². The van der Waals surface area contributed by atoms with E-state index in [1.54, 1.807) is 0 Å². The van der Waals surface area contributed by atoms with Gasteiger partial charge in [0.1, 0.15) is 9.83 Å². The lowest BCUT2D eigenvalue weighted by atomic mass is 10.0. The zero-order valence-electron chi connectivity index (χ0n) is 26.7. The van der Waals surface area contributed by atoms with E-state index in [0.717, 1.165) is 78.3 Å². The maximum atomic E-state index is 12.6. The summed E-state index contributed by atoms with van der Waals surface area (Å²) in [7, 11) is 0. The molecule has 0 saturated heterocycles. The molecule has 0 aliphatic rings. The Kier molecular flexibility index (Phi) is 14.2. The Morgan fingerprint density at radius 2 is 1.41 bits per heavy atom. The maximum absolute atomic E-state index is 12.6. The molecule has 0 N–H and O–H groups in total. The van der Waals surface area contributed by atoms with Crippen LogP contribution in [0.3, 0.4) is 0 Å². The van der Waals surface area contributed by atoms with Gasteiger partial charge in [-0.15, -0.1) is 20.5 Å². The molecule has 0 spiro atoms. The van der Waals surface area contributed by atoms with Crippen LogP contribution >= 0.6 is 22.7 Å². The first-order valence-corrected chi connectivity index (χ1v) is 17.6. The first-order valence-electron chi connectivity index (χ1n) is 16.0. The molecule has 4 aromatic rings. The van der Waals surface area contributed by atoms with Crippen LogP contribution in [0.15, 0.2) is 87.7 Å². The van der Waals surface area contributed by atoms with Gasteiger partial charge in [-0.3, -0.25) is 4.79 Å². The van der Waals surface area contributed by atoms with Gasteiger partial charge >= 0.3 is 5.97 Å². The van der Waals surface area contributed by atoms with Crippen LogP contribution in [-0.4, -0.2) is 36.4 Å². The summed E-state index contributed by atoms with van der Waals surface area (Å²) in [5.41, 5.74) is 3.37. The number of ether oxygens (including phenoxy) is 1. The van der Waals surface area contributed by atoms with E-state index in [1.165, 1.54) is 40.9 Å². The lowest BCUT2D eigenvalue weighted by molar-refractivity contribution is -0.137. The Labute approximate surface area is 279 Å². The molecular weight excluding hydrogens is 617 g/mol. The van der Waals surface area contributed by atoms with Crippen LogP contribution < -0.4 is 4.90 Å². The molecule has 0 unspecified atom stereocenters. The number of hydrogen-bond donors (Lipinski definition) is 0. The summed E-state index contributed by atoms with van der Waals surface area (Å²) in [5, 5.41) is 18.8. The minimum atomic E-state index is -0.355. The smallest absolute Gasteiger partial charge is 0.330 e. The number of fused-ring (bicyclic) bond motifs is 1. The Balaban J connectivity index is 1.15. The van der Waals surface area contributed by atoms with Crippen molar-refractivity contribution in [1.82, 2.24) is 4.98 Å². The van der Waals surface area contributed by atoms with Gasteiger partial charge in [0.25, 0.3) is 0 Å². The second-order valence-electron chi connectivity index (χ2n) is 10.8. The molecule has 46 heavy (non-hydrogen) atoms. The highest BCUT2D eigenvalue weighted by atomic mass is 32.1. The van der Waals surface area contributed by atoms with Gasteiger partial charge in [-0.1, -0.05) is 67.8 Å². The van der Waals surface area contributed by atoms with Crippen molar-refractivity contribution in [2.75, 3.05) is 24.6 Å². The first kappa shape index (κ1) is 34.8. The van der Waals surface area contributed by atoms with Crippen LogP contribution in [0.4, 0.5) is 27.2 Å². The van der Waals surface area contributed by atoms with Crippen LogP contribution in [0.2, 0.25) is 0 Å². The molecule has 2 aromatic heterocycles. The van der Waals surface area contributed by atoms with Crippen molar-refractivity contribution < 1.29 is 14.3 Å². The average Bonchev–Trinajstić information content (AvgIpc) is 3.65. The van der Waals surface area contributed by atoms with Crippen molar-refractivity contribution in [2.24, 2.45) is 20.5 Å². The summed E-state index contributed by atoms with van der Waals surface area (Å²) in [5.74, 6) is -0.196. The quantitative estimate of drug-likeness (QED) is 0.0308. The summed E-state index contributed by atoms with van der Waals surface area (Å²) in [4.78, 5) is 31.3. The molecule has 0 aliphatic carbocycles. The third-order valence-corrected chi connectivity index (χ3v) is 9.39. The molecule has 0 bridgehead atoms. The number of hydrogen-bond acceptors (Lipinski definition) is 11. The molecule has 2 aromatic carbocycles.